The second-order valence-electron chi connectivity index (χ2n) is 6.36. The third-order valence-corrected chi connectivity index (χ3v) is 8.16. The fourth-order valence-electron chi connectivity index (χ4n) is 3.18. The summed E-state index contributed by atoms with van der Waals surface area (Å²) in [5.41, 5.74) is 5.59. The third-order valence-electron chi connectivity index (χ3n) is 4.14. The van der Waals surface area contributed by atoms with Crippen molar-refractivity contribution in [2.24, 2.45) is 0 Å². The molecule has 0 saturated carbocycles. The molecule has 0 fully saturated rings. The normalized spacial score (nSPS) is 11.0. The molecule has 0 heterocycles. The number of anilines is 1. The van der Waals surface area contributed by atoms with E-state index in [2.05, 4.69) is 88.3 Å². The van der Waals surface area contributed by atoms with Gasteiger partial charge in [0.1, 0.15) is 0 Å². The number of rotatable bonds is 3. The Balaban J connectivity index is 2.18. The van der Waals surface area contributed by atoms with E-state index in [9.17, 15) is 0 Å². The molecule has 3 aromatic carbocycles. The van der Waals surface area contributed by atoms with Gasteiger partial charge in [-0.1, -0.05) is 0 Å². The van der Waals surface area contributed by atoms with Gasteiger partial charge in [0.25, 0.3) is 0 Å². The first-order valence-electron chi connectivity index (χ1n) is 7.92. The van der Waals surface area contributed by atoms with Crippen molar-refractivity contribution >= 4 is 44.6 Å². The zero-order chi connectivity index (χ0) is 16.6. The Labute approximate surface area is 149 Å². The Morgan fingerprint density at radius 3 is 2.04 bits per heavy atom. The van der Waals surface area contributed by atoms with Gasteiger partial charge < -0.3 is 0 Å². The van der Waals surface area contributed by atoms with E-state index in [0.29, 0.717) is 0 Å². The van der Waals surface area contributed by atoms with E-state index in [4.69, 9.17) is 0 Å². The van der Waals surface area contributed by atoms with Gasteiger partial charge in [0.05, 0.1) is 0 Å². The van der Waals surface area contributed by atoms with Crippen LogP contribution in [0, 0.1) is 20.8 Å². The van der Waals surface area contributed by atoms with Crippen LogP contribution in [0.15, 0.2) is 48.5 Å². The van der Waals surface area contributed by atoms with Gasteiger partial charge in [-0.3, -0.25) is 0 Å². The molecule has 0 atom stereocenters. The van der Waals surface area contributed by atoms with Crippen LogP contribution in [-0.2, 0) is 0 Å². The molecule has 0 amide bonds. The van der Waals surface area contributed by atoms with Gasteiger partial charge in [-0.15, -0.1) is 0 Å². The van der Waals surface area contributed by atoms with Gasteiger partial charge in [0.2, 0.25) is 0 Å². The van der Waals surface area contributed by atoms with Crippen molar-refractivity contribution < 1.29 is 0 Å². The van der Waals surface area contributed by atoms with Crippen LogP contribution in [0.1, 0.15) is 16.7 Å². The van der Waals surface area contributed by atoms with E-state index in [0.717, 1.165) is 0 Å². The fourth-order valence-corrected chi connectivity index (χ4v) is 6.41. The molecule has 0 unspecified atom stereocenters. The SMILES string of the molecule is Cc1cc(C)c([Te]c2cccc3cccc(N(C)C)c23)c(C)c1. The van der Waals surface area contributed by atoms with E-state index in [1.807, 2.05) is 0 Å². The first-order valence-corrected chi connectivity index (χ1v) is 10.2. The van der Waals surface area contributed by atoms with Crippen molar-refractivity contribution in [3.05, 3.63) is 65.2 Å². The molecule has 1 nitrogen and oxygen atoms in total. The van der Waals surface area contributed by atoms with Gasteiger partial charge in [-0.25, -0.2) is 0 Å². The average Bonchev–Trinajstić information content (AvgIpc) is 2.50. The Hall–Kier alpha value is -1.49. The molecule has 0 aromatic heterocycles. The number of hydrogen-bond donors (Lipinski definition) is 0. The molecule has 0 saturated heterocycles. The zero-order valence-electron chi connectivity index (χ0n) is 14.5. The second kappa shape index (κ2) is 6.56. The summed E-state index contributed by atoms with van der Waals surface area (Å²) in [5, 5.41) is 2.78. The predicted molar refractivity (Wildman–Crippen MR) is 104 cm³/mol. The number of aryl methyl sites for hydroxylation is 3. The Morgan fingerprint density at radius 2 is 1.43 bits per heavy atom. The fraction of sp³-hybridized carbons (Fsp3) is 0.238. The summed E-state index contributed by atoms with van der Waals surface area (Å²) < 4.78 is 3.12. The van der Waals surface area contributed by atoms with Gasteiger partial charge in [-0.05, 0) is 0 Å². The summed E-state index contributed by atoms with van der Waals surface area (Å²) in [5.74, 6) is 0. The topological polar surface area (TPSA) is 3.24 Å². The minimum absolute atomic E-state index is 0.414. The quantitative estimate of drug-likeness (QED) is 0.591. The van der Waals surface area contributed by atoms with Gasteiger partial charge >= 0.3 is 150 Å². The van der Waals surface area contributed by atoms with Crippen molar-refractivity contribution in [3.8, 4) is 0 Å². The van der Waals surface area contributed by atoms with E-state index < -0.39 is 20.9 Å². The van der Waals surface area contributed by atoms with Crippen LogP contribution >= 0.6 is 0 Å². The summed E-state index contributed by atoms with van der Waals surface area (Å²) in [6.07, 6.45) is 0. The van der Waals surface area contributed by atoms with Crippen LogP contribution in [0.25, 0.3) is 10.8 Å². The molecule has 0 N–H and O–H groups in total. The first-order chi connectivity index (χ1) is 11.0. The molecule has 2 heteroatoms. The molecule has 3 aromatic rings. The molecule has 118 valence electrons. The summed E-state index contributed by atoms with van der Waals surface area (Å²) in [6, 6.07) is 18.0. The van der Waals surface area contributed by atoms with Crippen LogP contribution in [0.3, 0.4) is 0 Å². The monoisotopic (exact) mass is 419 g/mol. The molecule has 23 heavy (non-hydrogen) atoms. The van der Waals surface area contributed by atoms with E-state index >= 15 is 0 Å². The zero-order valence-corrected chi connectivity index (χ0v) is 16.8. The molecule has 0 radical (unpaired) electrons. The summed E-state index contributed by atoms with van der Waals surface area (Å²) in [6.45, 7) is 6.71. The Bertz CT molecular complexity index is 837. The summed E-state index contributed by atoms with van der Waals surface area (Å²) >= 11 is -0.414. The standard InChI is InChI=1S/C21H23NTe/c1-14-12-15(2)21(16(3)13-14)23-19-11-7-9-17-8-6-10-18(20(17)19)22(4)5/h6-13H,1-5H3. The van der Waals surface area contributed by atoms with Gasteiger partial charge in [-0.2, -0.15) is 0 Å². The number of fused-ring (bicyclic) bond motifs is 1. The maximum atomic E-state index is 2.33. The molecular weight excluding hydrogens is 394 g/mol. The summed E-state index contributed by atoms with van der Waals surface area (Å²) in [7, 11) is 4.27. The van der Waals surface area contributed by atoms with Crippen LogP contribution in [0.2, 0.25) is 0 Å². The Morgan fingerprint density at radius 1 is 0.826 bits per heavy atom. The first kappa shape index (κ1) is 16.4. The average molecular weight is 417 g/mol. The molecule has 0 spiro atoms. The predicted octanol–water partition coefficient (Wildman–Crippen LogP) is 3.49. The van der Waals surface area contributed by atoms with Crippen LogP contribution in [-0.4, -0.2) is 35.0 Å². The van der Waals surface area contributed by atoms with Crippen molar-refractivity contribution in [2.45, 2.75) is 20.8 Å². The molecule has 0 aliphatic rings. The van der Waals surface area contributed by atoms with Gasteiger partial charge in [0, 0.05) is 0 Å². The molecule has 3 rings (SSSR count). The van der Waals surface area contributed by atoms with E-state index in [1.165, 1.54) is 36.8 Å². The van der Waals surface area contributed by atoms with Crippen LogP contribution < -0.4 is 12.1 Å². The Kier molecular flexibility index (Phi) is 4.67. The molecule has 0 bridgehead atoms. The van der Waals surface area contributed by atoms with Crippen molar-refractivity contribution in [1.82, 2.24) is 0 Å². The van der Waals surface area contributed by atoms with Crippen LogP contribution in [0.5, 0.6) is 0 Å². The van der Waals surface area contributed by atoms with E-state index in [-0.39, 0.29) is 0 Å². The van der Waals surface area contributed by atoms with Crippen molar-refractivity contribution in [3.63, 3.8) is 0 Å². The number of benzene rings is 3. The van der Waals surface area contributed by atoms with Crippen molar-refractivity contribution in [1.29, 1.82) is 0 Å². The van der Waals surface area contributed by atoms with E-state index in [1.54, 1.807) is 3.61 Å². The maximum absolute atomic E-state index is 2.33. The molecular formula is C21H23NTe. The summed E-state index contributed by atoms with van der Waals surface area (Å²) in [4.78, 5) is 2.23. The third kappa shape index (κ3) is 3.25. The second-order valence-corrected chi connectivity index (χ2v) is 9.36. The van der Waals surface area contributed by atoms with Crippen molar-refractivity contribution in [2.75, 3.05) is 19.0 Å². The van der Waals surface area contributed by atoms with Crippen LogP contribution in [0.4, 0.5) is 5.69 Å². The minimum atomic E-state index is -0.414. The van der Waals surface area contributed by atoms with Gasteiger partial charge in [0.15, 0.2) is 0 Å². The molecule has 0 aliphatic heterocycles. The number of nitrogens with zero attached hydrogens (tertiary/aromatic N) is 1. The number of hydrogen-bond acceptors (Lipinski definition) is 1. The molecule has 0 aliphatic carbocycles.